The summed E-state index contributed by atoms with van der Waals surface area (Å²) in [4.78, 5) is 14.8. The Hall–Kier alpha value is -3.26. The van der Waals surface area contributed by atoms with Gasteiger partial charge in [-0.05, 0) is 36.8 Å². The molecule has 9 heteroatoms. The number of halogens is 1. The van der Waals surface area contributed by atoms with E-state index in [0.29, 0.717) is 21.5 Å². The van der Waals surface area contributed by atoms with Crippen molar-refractivity contribution in [2.75, 3.05) is 0 Å². The Labute approximate surface area is 145 Å². The van der Waals surface area contributed by atoms with Gasteiger partial charge in [-0.1, -0.05) is 11.6 Å². The second-order valence-electron chi connectivity index (χ2n) is 5.29. The number of H-pyrrole nitrogens is 1. The first-order chi connectivity index (χ1) is 11.8. The molecule has 25 heavy (non-hydrogen) atoms. The maximum absolute atomic E-state index is 12.0. The van der Waals surface area contributed by atoms with E-state index in [4.69, 9.17) is 11.6 Å². The molecule has 1 aromatic heterocycles. The highest BCUT2D eigenvalue weighted by molar-refractivity contribution is 6.32. The number of phenols is 3. The van der Waals surface area contributed by atoms with Crippen LogP contribution in [0.15, 0.2) is 34.5 Å². The minimum absolute atomic E-state index is 0.0512. The van der Waals surface area contributed by atoms with Crippen LogP contribution < -0.4 is 0 Å². The van der Waals surface area contributed by atoms with Crippen molar-refractivity contribution in [1.29, 1.82) is 0 Å². The van der Waals surface area contributed by atoms with E-state index in [2.05, 4.69) is 15.2 Å². The van der Waals surface area contributed by atoms with Gasteiger partial charge in [-0.3, -0.25) is 4.79 Å². The number of carbonyl (C=O) groups is 1. The molecule has 1 amide bonds. The van der Waals surface area contributed by atoms with Crippen LogP contribution in [0.5, 0.6) is 23.1 Å². The number of aromatic hydroxyl groups is 4. The molecule has 0 saturated heterocycles. The monoisotopic (exact) mass is 361 g/mol. The molecular formula is C16H12ClN3O5. The molecule has 0 aliphatic heterocycles. The van der Waals surface area contributed by atoms with Crippen molar-refractivity contribution < 1.29 is 25.2 Å². The first-order valence-corrected chi connectivity index (χ1v) is 7.38. The van der Waals surface area contributed by atoms with Crippen molar-refractivity contribution in [2.45, 2.75) is 6.92 Å². The summed E-state index contributed by atoms with van der Waals surface area (Å²) < 4.78 is 0. The Bertz CT molecular complexity index is 1020. The SMILES string of the molecule is Cc1c(Cl)ccc2c(N=NC(=O)c3cc(O)c(O)c(O)c3)c(O)[nH]c12. The van der Waals surface area contributed by atoms with E-state index in [9.17, 15) is 25.2 Å². The number of nitrogens with one attached hydrogen (secondary N) is 1. The van der Waals surface area contributed by atoms with Gasteiger partial charge in [0.2, 0.25) is 5.88 Å². The van der Waals surface area contributed by atoms with Gasteiger partial charge in [0, 0.05) is 10.4 Å². The average Bonchev–Trinajstić information content (AvgIpc) is 2.89. The lowest BCUT2D eigenvalue weighted by molar-refractivity contribution is 0.0994. The molecule has 8 nitrogen and oxygen atoms in total. The topological polar surface area (TPSA) is 138 Å². The number of benzene rings is 2. The second-order valence-corrected chi connectivity index (χ2v) is 5.69. The lowest BCUT2D eigenvalue weighted by atomic mass is 10.1. The second kappa shape index (κ2) is 5.99. The fourth-order valence-corrected chi connectivity index (χ4v) is 2.49. The van der Waals surface area contributed by atoms with Gasteiger partial charge in [0.15, 0.2) is 22.9 Å². The first-order valence-electron chi connectivity index (χ1n) is 7.00. The first kappa shape index (κ1) is 16.6. The molecule has 128 valence electrons. The molecule has 0 aliphatic rings. The van der Waals surface area contributed by atoms with Crippen LogP contribution in [0, 0.1) is 6.92 Å². The van der Waals surface area contributed by atoms with Gasteiger partial charge >= 0.3 is 0 Å². The van der Waals surface area contributed by atoms with Crippen LogP contribution >= 0.6 is 11.6 Å². The number of nitrogens with zero attached hydrogens (tertiary/aromatic N) is 2. The number of rotatable bonds is 2. The van der Waals surface area contributed by atoms with Crippen LogP contribution in [0.4, 0.5) is 5.69 Å². The Morgan fingerprint density at radius 3 is 2.40 bits per heavy atom. The van der Waals surface area contributed by atoms with Gasteiger partial charge in [-0.15, -0.1) is 10.2 Å². The van der Waals surface area contributed by atoms with Crippen molar-refractivity contribution >= 4 is 34.1 Å². The molecule has 1 heterocycles. The predicted octanol–water partition coefficient (Wildman–Crippen LogP) is 3.88. The Balaban J connectivity index is 2.00. The van der Waals surface area contributed by atoms with E-state index < -0.39 is 23.2 Å². The molecule has 3 aromatic rings. The number of aryl methyl sites for hydroxylation is 1. The molecule has 0 unspecified atom stereocenters. The number of hydrogen-bond donors (Lipinski definition) is 5. The molecule has 0 saturated carbocycles. The molecule has 0 spiro atoms. The normalized spacial score (nSPS) is 11.4. The third-order valence-corrected chi connectivity index (χ3v) is 4.09. The smallest absolute Gasteiger partial charge is 0.295 e. The molecule has 3 rings (SSSR count). The third kappa shape index (κ3) is 2.83. The Kier molecular flexibility index (Phi) is 3.97. The number of phenolic OH excluding ortho intramolecular Hbond substituents is 3. The maximum atomic E-state index is 12.0. The van der Waals surface area contributed by atoms with Crippen molar-refractivity contribution in [1.82, 2.24) is 4.98 Å². The quantitative estimate of drug-likeness (QED) is 0.348. The Morgan fingerprint density at radius 1 is 1.12 bits per heavy atom. The van der Waals surface area contributed by atoms with Crippen molar-refractivity contribution in [2.24, 2.45) is 10.2 Å². The lowest BCUT2D eigenvalue weighted by Gasteiger charge is -2.02. The third-order valence-electron chi connectivity index (χ3n) is 3.68. The van der Waals surface area contributed by atoms with Gasteiger partial charge in [-0.25, -0.2) is 0 Å². The standard InChI is InChI=1S/C16H12ClN3O5/c1-6-9(17)3-2-8-12(6)18-16(25)13(8)19-20-15(24)7-4-10(21)14(23)11(22)5-7/h2-5,18,21-23,25H,1H3. The van der Waals surface area contributed by atoms with Crippen molar-refractivity contribution in [3.63, 3.8) is 0 Å². The summed E-state index contributed by atoms with van der Waals surface area (Å²) in [6, 6.07) is 5.13. The number of aromatic nitrogens is 1. The summed E-state index contributed by atoms with van der Waals surface area (Å²) in [7, 11) is 0. The average molecular weight is 362 g/mol. The van der Waals surface area contributed by atoms with Crippen LogP contribution in [0.2, 0.25) is 5.02 Å². The molecule has 0 bridgehead atoms. The van der Waals surface area contributed by atoms with Crippen LogP contribution in [0.25, 0.3) is 10.9 Å². The van der Waals surface area contributed by atoms with Crippen LogP contribution in [0.3, 0.4) is 0 Å². The van der Waals surface area contributed by atoms with Crippen molar-refractivity contribution in [3.05, 3.63) is 40.4 Å². The zero-order chi connectivity index (χ0) is 18.3. The zero-order valence-corrected chi connectivity index (χ0v) is 13.5. The largest absolute Gasteiger partial charge is 0.504 e. The summed E-state index contributed by atoms with van der Waals surface area (Å²) in [5.41, 5.74) is 1.13. The molecule has 2 aromatic carbocycles. The number of carbonyl (C=O) groups excluding carboxylic acids is 1. The van der Waals surface area contributed by atoms with Gasteiger partial charge in [0.25, 0.3) is 5.91 Å². The van der Waals surface area contributed by atoms with Crippen molar-refractivity contribution in [3.8, 4) is 23.1 Å². The minimum Gasteiger partial charge on any atom is -0.504 e. The number of amides is 1. The minimum atomic E-state index is -0.884. The van der Waals surface area contributed by atoms with E-state index in [1.807, 2.05) is 0 Å². The van der Waals surface area contributed by atoms with Crippen LogP contribution in [-0.2, 0) is 0 Å². The molecular weight excluding hydrogens is 350 g/mol. The summed E-state index contributed by atoms with van der Waals surface area (Å²) >= 11 is 6.02. The lowest BCUT2D eigenvalue weighted by Crippen LogP contribution is -1.93. The molecule has 0 fully saturated rings. The van der Waals surface area contributed by atoms with Gasteiger partial charge in [0.05, 0.1) is 11.1 Å². The highest BCUT2D eigenvalue weighted by atomic mass is 35.5. The number of aromatic amines is 1. The summed E-state index contributed by atoms with van der Waals surface area (Å²) in [6.45, 7) is 1.76. The van der Waals surface area contributed by atoms with Gasteiger partial charge < -0.3 is 25.4 Å². The summed E-state index contributed by atoms with van der Waals surface area (Å²) in [6.07, 6.45) is 0. The van der Waals surface area contributed by atoms with Crippen LogP contribution in [-0.4, -0.2) is 31.3 Å². The zero-order valence-electron chi connectivity index (χ0n) is 12.8. The highest BCUT2D eigenvalue weighted by Gasteiger charge is 2.16. The van der Waals surface area contributed by atoms with Gasteiger partial charge in [0.1, 0.15) is 0 Å². The predicted molar refractivity (Wildman–Crippen MR) is 90.0 cm³/mol. The van der Waals surface area contributed by atoms with E-state index in [1.54, 1.807) is 19.1 Å². The number of fused-ring (bicyclic) bond motifs is 1. The molecule has 0 radical (unpaired) electrons. The fourth-order valence-electron chi connectivity index (χ4n) is 2.33. The maximum Gasteiger partial charge on any atom is 0.295 e. The molecule has 5 N–H and O–H groups in total. The van der Waals surface area contributed by atoms with Gasteiger partial charge in [-0.2, -0.15) is 0 Å². The summed E-state index contributed by atoms with van der Waals surface area (Å²) in [5.74, 6) is -3.24. The molecule has 0 aliphatic carbocycles. The van der Waals surface area contributed by atoms with E-state index in [-0.39, 0.29) is 17.1 Å². The van der Waals surface area contributed by atoms with E-state index >= 15 is 0 Å². The summed E-state index contributed by atoms with van der Waals surface area (Å²) in [5, 5.41) is 46.4. The van der Waals surface area contributed by atoms with E-state index in [0.717, 1.165) is 12.1 Å². The van der Waals surface area contributed by atoms with Crippen LogP contribution in [0.1, 0.15) is 15.9 Å². The molecule has 0 atom stereocenters. The van der Waals surface area contributed by atoms with E-state index in [1.165, 1.54) is 0 Å². The number of azo groups is 1. The fraction of sp³-hybridized carbons (Fsp3) is 0.0625. The Morgan fingerprint density at radius 2 is 1.76 bits per heavy atom. The number of hydrogen-bond acceptors (Lipinski definition) is 6. The highest BCUT2D eigenvalue weighted by Crippen LogP contribution is 2.39.